The fourth-order valence-corrected chi connectivity index (χ4v) is 3.72. The van der Waals surface area contributed by atoms with Gasteiger partial charge in [-0.05, 0) is 56.8 Å². The van der Waals surface area contributed by atoms with Crippen LogP contribution >= 0.6 is 0 Å². The maximum atomic E-state index is 10.3. The van der Waals surface area contributed by atoms with Crippen molar-refractivity contribution >= 4 is 5.82 Å². The van der Waals surface area contributed by atoms with E-state index in [0.717, 1.165) is 57.3 Å². The van der Waals surface area contributed by atoms with Crippen molar-refractivity contribution in [3.8, 4) is 0 Å². The SMILES string of the molecule is CC1CCN(C[C@H](O)CN[C@@H]2CCCN(c3cccnn3)C2)CC1. The van der Waals surface area contributed by atoms with Crippen molar-refractivity contribution < 1.29 is 5.11 Å². The molecule has 6 nitrogen and oxygen atoms in total. The van der Waals surface area contributed by atoms with Gasteiger partial charge in [-0.2, -0.15) is 5.10 Å². The van der Waals surface area contributed by atoms with E-state index >= 15 is 0 Å². The molecule has 24 heavy (non-hydrogen) atoms. The second-order valence-corrected chi connectivity index (χ2v) is 7.41. The van der Waals surface area contributed by atoms with Crippen LogP contribution in [0.1, 0.15) is 32.6 Å². The third kappa shape index (κ3) is 5.13. The van der Waals surface area contributed by atoms with Gasteiger partial charge in [0.2, 0.25) is 0 Å². The Balaban J connectivity index is 1.39. The highest BCUT2D eigenvalue weighted by Crippen LogP contribution is 2.17. The van der Waals surface area contributed by atoms with Crippen LogP contribution in [0.5, 0.6) is 0 Å². The van der Waals surface area contributed by atoms with Gasteiger partial charge in [0.05, 0.1) is 6.10 Å². The summed E-state index contributed by atoms with van der Waals surface area (Å²) >= 11 is 0. The number of hydrogen-bond acceptors (Lipinski definition) is 6. The highest BCUT2D eigenvalue weighted by atomic mass is 16.3. The molecular weight excluding hydrogens is 302 g/mol. The topological polar surface area (TPSA) is 64.5 Å². The van der Waals surface area contributed by atoms with Crippen molar-refractivity contribution in [2.24, 2.45) is 5.92 Å². The predicted octanol–water partition coefficient (Wildman–Crippen LogP) is 1.13. The summed E-state index contributed by atoms with van der Waals surface area (Å²) in [6.45, 7) is 8.01. The first-order valence-electron chi connectivity index (χ1n) is 9.37. The number of aliphatic hydroxyl groups excluding tert-OH is 1. The molecule has 0 aromatic carbocycles. The summed E-state index contributed by atoms with van der Waals surface area (Å²) in [5.41, 5.74) is 0. The van der Waals surface area contributed by atoms with Crippen molar-refractivity contribution in [1.29, 1.82) is 0 Å². The van der Waals surface area contributed by atoms with Crippen molar-refractivity contribution in [3.63, 3.8) is 0 Å². The molecule has 2 atom stereocenters. The van der Waals surface area contributed by atoms with Crippen molar-refractivity contribution in [2.75, 3.05) is 44.2 Å². The molecule has 3 rings (SSSR count). The molecule has 2 N–H and O–H groups in total. The van der Waals surface area contributed by atoms with E-state index in [2.05, 4.69) is 32.2 Å². The van der Waals surface area contributed by atoms with Crippen molar-refractivity contribution in [3.05, 3.63) is 18.3 Å². The number of piperidine rings is 2. The van der Waals surface area contributed by atoms with Gasteiger partial charge in [-0.3, -0.25) is 0 Å². The van der Waals surface area contributed by atoms with Gasteiger partial charge >= 0.3 is 0 Å². The Morgan fingerprint density at radius 3 is 2.88 bits per heavy atom. The zero-order valence-electron chi connectivity index (χ0n) is 14.8. The van der Waals surface area contributed by atoms with Crippen LogP contribution in [0.3, 0.4) is 0 Å². The zero-order valence-corrected chi connectivity index (χ0v) is 14.8. The molecule has 0 unspecified atom stereocenters. The molecule has 0 aliphatic carbocycles. The molecule has 3 heterocycles. The number of β-amino-alcohol motifs (C(OH)–C–C–N with tert-alkyl or cyclic N) is 1. The zero-order chi connectivity index (χ0) is 16.8. The Morgan fingerprint density at radius 1 is 1.29 bits per heavy atom. The van der Waals surface area contributed by atoms with E-state index in [1.165, 1.54) is 12.8 Å². The average molecular weight is 333 g/mol. The minimum atomic E-state index is -0.287. The molecule has 1 aromatic heterocycles. The van der Waals surface area contributed by atoms with E-state index in [9.17, 15) is 5.11 Å². The first-order valence-corrected chi connectivity index (χ1v) is 9.37. The normalized spacial score (nSPS) is 24.9. The molecule has 2 saturated heterocycles. The summed E-state index contributed by atoms with van der Waals surface area (Å²) < 4.78 is 0. The first-order chi connectivity index (χ1) is 11.7. The van der Waals surface area contributed by atoms with Gasteiger partial charge in [0, 0.05) is 38.4 Å². The minimum Gasteiger partial charge on any atom is -0.390 e. The van der Waals surface area contributed by atoms with Crippen LogP contribution < -0.4 is 10.2 Å². The summed E-state index contributed by atoms with van der Waals surface area (Å²) in [6, 6.07) is 4.36. The van der Waals surface area contributed by atoms with Gasteiger partial charge in [0.25, 0.3) is 0 Å². The van der Waals surface area contributed by atoms with Crippen LogP contribution in [0.2, 0.25) is 0 Å². The Bertz CT molecular complexity index is 478. The average Bonchev–Trinajstić information content (AvgIpc) is 2.63. The summed E-state index contributed by atoms with van der Waals surface area (Å²) in [7, 11) is 0. The third-order valence-electron chi connectivity index (χ3n) is 5.29. The summed E-state index contributed by atoms with van der Waals surface area (Å²) in [5.74, 6) is 1.79. The van der Waals surface area contributed by atoms with Gasteiger partial charge in [-0.1, -0.05) is 6.92 Å². The molecule has 0 radical (unpaired) electrons. The third-order valence-corrected chi connectivity index (χ3v) is 5.29. The Hall–Kier alpha value is -1.24. The molecule has 0 saturated carbocycles. The quantitative estimate of drug-likeness (QED) is 0.814. The lowest BCUT2D eigenvalue weighted by Gasteiger charge is -2.35. The highest BCUT2D eigenvalue weighted by Gasteiger charge is 2.22. The molecular formula is C18H31N5O. The molecule has 0 amide bonds. The largest absolute Gasteiger partial charge is 0.390 e. The van der Waals surface area contributed by atoms with Gasteiger partial charge < -0.3 is 20.2 Å². The summed E-state index contributed by atoms with van der Waals surface area (Å²) in [4.78, 5) is 4.69. The van der Waals surface area contributed by atoms with E-state index < -0.39 is 0 Å². The molecule has 2 fully saturated rings. The number of aliphatic hydroxyl groups is 1. The lowest BCUT2D eigenvalue weighted by molar-refractivity contribution is 0.0883. The van der Waals surface area contributed by atoms with Crippen molar-refractivity contribution in [1.82, 2.24) is 20.4 Å². The Labute approximate surface area is 145 Å². The summed E-state index contributed by atoms with van der Waals surface area (Å²) in [6.07, 6.45) is 6.25. The Kier molecular flexibility index (Phi) is 6.40. The number of nitrogens with one attached hydrogen (secondary N) is 1. The fraction of sp³-hybridized carbons (Fsp3) is 0.778. The van der Waals surface area contributed by atoms with E-state index in [1.54, 1.807) is 6.20 Å². The van der Waals surface area contributed by atoms with Crippen LogP contribution in [0.4, 0.5) is 5.82 Å². The van der Waals surface area contributed by atoms with Crippen molar-refractivity contribution in [2.45, 2.75) is 44.8 Å². The number of aromatic nitrogens is 2. The van der Waals surface area contributed by atoms with Crippen LogP contribution in [0, 0.1) is 5.92 Å². The minimum absolute atomic E-state index is 0.287. The maximum absolute atomic E-state index is 10.3. The molecule has 2 aliphatic rings. The van der Waals surface area contributed by atoms with Gasteiger partial charge in [0.1, 0.15) is 0 Å². The smallest absolute Gasteiger partial charge is 0.151 e. The van der Waals surface area contributed by atoms with E-state index in [0.29, 0.717) is 12.6 Å². The molecule has 0 bridgehead atoms. The highest BCUT2D eigenvalue weighted by molar-refractivity contribution is 5.37. The molecule has 2 aliphatic heterocycles. The second-order valence-electron chi connectivity index (χ2n) is 7.41. The van der Waals surface area contributed by atoms with Crippen LogP contribution in [-0.2, 0) is 0 Å². The predicted molar refractivity (Wildman–Crippen MR) is 96.1 cm³/mol. The number of rotatable bonds is 6. The summed E-state index contributed by atoms with van der Waals surface area (Å²) in [5, 5.41) is 22.1. The van der Waals surface area contributed by atoms with Gasteiger partial charge in [-0.15, -0.1) is 5.10 Å². The van der Waals surface area contributed by atoms with Gasteiger partial charge in [0.15, 0.2) is 5.82 Å². The number of anilines is 1. The molecule has 134 valence electrons. The van der Waals surface area contributed by atoms with Gasteiger partial charge in [-0.25, -0.2) is 0 Å². The molecule has 6 heteroatoms. The lowest BCUT2D eigenvalue weighted by Crippen LogP contribution is -2.49. The molecule has 1 aromatic rings. The second kappa shape index (κ2) is 8.74. The number of likely N-dealkylation sites (tertiary alicyclic amines) is 1. The van der Waals surface area contributed by atoms with E-state index in [-0.39, 0.29) is 6.10 Å². The fourth-order valence-electron chi connectivity index (χ4n) is 3.72. The number of hydrogen-bond donors (Lipinski definition) is 2. The van der Waals surface area contributed by atoms with E-state index in [4.69, 9.17) is 0 Å². The van der Waals surface area contributed by atoms with Crippen LogP contribution in [0.25, 0.3) is 0 Å². The maximum Gasteiger partial charge on any atom is 0.151 e. The van der Waals surface area contributed by atoms with Crippen LogP contribution in [-0.4, -0.2) is 71.6 Å². The lowest BCUT2D eigenvalue weighted by atomic mass is 9.99. The standard InChI is InChI=1S/C18H31N5O/c1-15-6-10-22(11-7-15)14-17(24)12-19-16-4-3-9-23(13-16)18-5-2-8-20-21-18/h2,5,8,15-17,19,24H,3-4,6-7,9-14H2,1H3/t16-,17-/m1/s1. The first kappa shape index (κ1) is 17.6. The Morgan fingerprint density at radius 2 is 2.12 bits per heavy atom. The molecule has 0 spiro atoms. The van der Waals surface area contributed by atoms with E-state index in [1.807, 2.05) is 12.1 Å². The number of nitrogens with zero attached hydrogens (tertiary/aromatic N) is 4. The monoisotopic (exact) mass is 333 g/mol. The van der Waals surface area contributed by atoms with Crippen LogP contribution in [0.15, 0.2) is 18.3 Å².